The van der Waals surface area contributed by atoms with Gasteiger partial charge in [-0.1, -0.05) is 39.0 Å². The second-order valence-electron chi connectivity index (χ2n) is 8.33. The van der Waals surface area contributed by atoms with Gasteiger partial charge in [-0.2, -0.15) is 0 Å². The molecule has 0 spiro atoms. The fourth-order valence-corrected chi connectivity index (χ4v) is 3.90. The zero-order valence-corrected chi connectivity index (χ0v) is 18.6. The van der Waals surface area contributed by atoms with Crippen molar-refractivity contribution in [2.45, 2.75) is 56.1 Å². The molecule has 10 heteroatoms. The molecule has 1 unspecified atom stereocenters. The minimum atomic E-state index is -1.76. The van der Waals surface area contributed by atoms with Crippen molar-refractivity contribution in [1.82, 2.24) is 5.32 Å². The third-order valence-corrected chi connectivity index (χ3v) is 5.73. The number of anilines is 1. The molecule has 0 saturated heterocycles. The van der Waals surface area contributed by atoms with Gasteiger partial charge in [0.05, 0.1) is 5.69 Å². The van der Waals surface area contributed by atoms with E-state index in [9.17, 15) is 29.3 Å². The van der Waals surface area contributed by atoms with Crippen molar-refractivity contribution in [3.8, 4) is 0 Å². The zero-order valence-electron chi connectivity index (χ0n) is 17.8. The zero-order chi connectivity index (χ0) is 23.3. The summed E-state index contributed by atoms with van der Waals surface area (Å²) in [6, 6.07) is 3.36. The highest BCUT2D eigenvalue weighted by Crippen LogP contribution is 2.32. The number of aliphatic hydroxyl groups is 3. The predicted octanol–water partition coefficient (Wildman–Crippen LogP) is 1.05. The molecule has 1 aromatic rings. The molecule has 5 N–H and O–H groups in total. The maximum Gasteiger partial charge on any atom is 0.252 e. The van der Waals surface area contributed by atoms with E-state index < -0.39 is 48.1 Å². The maximum absolute atomic E-state index is 14.0. The lowest BCUT2D eigenvalue weighted by Gasteiger charge is -2.28. The van der Waals surface area contributed by atoms with Crippen LogP contribution in [0.5, 0.6) is 0 Å². The minimum absolute atomic E-state index is 0.0433. The topological polar surface area (TPSA) is 128 Å². The van der Waals surface area contributed by atoms with E-state index in [1.165, 1.54) is 30.0 Å². The first-order valence-electron chi connectivity index (χ1n) is 9.73. The van der Waals surface area contributed by atoms with Crippen molar-refractivity contribution in [2.75, 3.05) is 18.2 Å². The van der Waals surface area contributed by atoms with Crippen LogP contribution in [-0.4, -0.2) is 70.5 Å². The van der Waals surface area contributed by atoms with Crippen LogP contribution in [0.4, 0.5) is 10.1 Å². The number of rotatable bonds is 7. The number of methoxy groups -OCH3 is 1. The first-order valence-corrected chi connectivity index (χ1v) is 10.7. The van der Waals surface area contributed by atoms with Crippen LogP contribution in [0.2, 0.25) is 0 Å². The Morgan fingerprint density at radius 2 is 2.00 bits per heavy atom. The number of halogens is 1. The third-order valence-electron chi connectivity index (χ3n) is 4.58. The van der Waals surface area contributed by atoms with Crippen LogP contribution in [0.3, 0.4) is 0 Å². The average Bonchev–Trinajstić information content (AvgIpc) is 2.85. The molecule has 1 aliphatic heterocycles. The number of hydrogen-bond donors (Lipinski definition) is 5. The number of ether oxygens (including phenoxy) is 1. The van der Waals surface area contributed by atoms with E-state index >= 15 is 0 Å². The van der Waals surface area contributed by atoms with Gasteiger partial charge >= 0.3 is 0 Å². The average molecular weight is 457 g/mol. The van der Waals surface area contributed by atoms with E-state index in [4.69, 9.17) is 4.74 Å². The predicted molar refractivity (Wildman–Crippen MR) is 115 cm³/mol. The van der Waals surface area contributed by atoms with Gasteiger partial charge < -0.3 is 30.7 Å². The summed E-state index contributed by atoms with van der Waals surface area (Å²) in [5.74, 6) is -1.94. The normalized spacial score (nSPS) is 20.9. The fourth-order valence-electron chi connectivity index (χ4n) is 2.85. The van der Waals surface area contributed by atoms with Gasteiger partial charge in [0.15, 0.2) is 6.10 Å². The lowest BCUT2D eigenvalue weighted by molar-refractivity contribution is -0.150. The molecule has 5 atom stereocenters. The molecule has 2 amide bonds. The SMILES string of the molecule is CO[C@@H](C(=O)NC1CSc2cccc(F)c2NC1=O)[C@H](O)[C@@H](O)[C@H](O)C=CC(C)(C)C. The Labute approximate surface area is 184 Å². The number of para-hydroxylation sites is 1. The smallest absolute Gasteiger partial charge is 0.252 e. The molecule has 0 aromatic heterocycles. The first-order chi connectivity index (χ1) is 14.4. The van der Waals surface area contributed by atoms with Crippen LogP contribution in [0.25, 0.3) is 0 Å². The van der Waals surface area contributed by atoms with Crippen LogP contribution in [-0.2, 0) is 14.3 Å². The molecule has 0 fully saturated rings. The van der Waals surface area contributed by atoms with E-state index in [2.05, 4.69) is 10.6 Å². The number of allylic oxidation sites excluding steroid dienone is 1. The molecular weight excluding hydrogens is 427 g/mol. The molecular formula is C21H29FN2O6S. The quantitative estimate of drug-likeness (QED) is 0.388. The Hall–Kier alpha value is -1.98. The first kappa shape index (κ1) is 25.3. The number of carbonyl (C=O) groups excluding carboxylic acids is 2. The lowest BCUT2D eigenvalue weighted by Crippen LogP contribution is -2.55. The summed E-state index contributed by atoms with van der Waals surface area (Å²) in [6.07, 6.45) is -3.45. The highest BCUT2D eigenvalue weighted by Gasteiger charge is 2.37. The number of hydrogen-bond acceptors (Lipinski definition) is 7. The van der Waals surface area contributed by atoms with Gasteiger partial charge in [-0.15, -0.1) is 11.8 Å². The number of fused-ring (bicyclic) bond motifs is 1. The number of nitrogens with one attached hydrogen (secondary N) is 2. The largest absolute Gasteiger partial charge is 0.387 e. The third kappa shape index (κ3) is 6.75. The summed E-state index contributed by atoms with van der Waals surface area (Å²) < 4.78 is 19.0. The number of aliphatic hydroxyl groups excluding tert-OH is 3. The van der Waals surface area contributed by atoms with Gasteiger partial charge in [0.1, 0.15) is 30.2 Å². The summed E-state index contributed by atoms with van der Waals surface area (Å²) in [5.41, 5.74) is -0.215. The van der Waals surface area contributed by atoms with Crippen molar-refractivity contribution < 1.29 is 34.0 Å². The molecule has 0 bridgehead atoms. The van der Waals surface area contributed by atoms with E-state index in [0.717, 1.165) is 7.11 Å². The van der Waals surface area contributed by atoms with Crippen LogP contribution < -0.4 is 10.6 Å². The highest BCUT2D eigenvalue weighted by molar-refractivity contribution is 7.99. The molecule has 0 radical (unpaired) electrons. The summed E-state index contributed by atoms with van der Waals surface area (Å²) in [6.45, 7) is 5.68. The van der Waals surface area contributed by atoms with Gasteiger partial charge in [0.2, 0.25) is 5.91 Å². The monoisotopic (exact) mass is 456 g/mol. The molecule has 1 aromatic carbocycles. The van der Waals surface area contributed by atoms with E-state index in [1.807, 2.05) is 20.8 Å². The van der Waals surface area contributed by atoms with Gasteiger partial charge in [0.25, 0.3) is 5.91 Å². The molecule has 0 aliphatic carbocycles. The Morgan fingerprint density at radius 1 is 1.32 bits per heavy atom. The van der Waals surface area contributed by atoms with Crippen LogP contribution in [0.1, 0.15) is 20.8 Å². The second-order valence-corrected chi connectivity index (χ2v) is 9.39. The Morgan fingerprint density at radius 3 is 2.61 bits per heavy atom. The van der Waals surface area contributed by atoms with Gasteiger partial charge in [-0.05, 0) is 17.5 Å². The van der Waals surface area contributed by atoms with Gasteiger partial charge in [-0.25, -0.2) is 4.39 Å². The molecule has 172 valence electrons. The Bertz CT molecular complexity index is 829. The van der Waals surface area contributed by atoms with Crippen LogP contribution >= 0.6 is 11.8 Å². The number of benzene rings is 1. The van der Waals surface area contributed by atoms with E-state index in [1.54, 1.807) is 12.1 Å². The Balaban J connectivity index is 2.06. The molecule has 2 rings (SSSR count). The summed E-state index contributed by atoms with van der Waals surface area (Å²) >= 11 is 1.19. The van der Waals surface area contributed by atoms with Gasteiger partial charge in [0, 0.05) is 17.8 Å². The second kappa shape index (κ2) is 10.6. The molecule has 31 heavy (non-hydrogen) atoms. The summed E-state index contributed by atoms with van der Waals surface area (Å²) in [4.78, 5) is 25.6. The van der Waals surface area contributed by atoms with E-state index in [0.29, 0.717) is 4.90 Å². The highest BCUT2D eigenvalue weighted by atomic mass is 32.2. The molecule has 1 heterocycles. The summed E-state index contributed by atoms with van der Waals surface area (Å²) in [5, 5.41) is 35.7. The maximum atomic E-state index is 14.0. The number of thioether (sulfide) groups is 1. The Kier molecular flexibility index (Phi) is 8.61. The summed E-state index contributed by atoms with van der Waals surface area (Å²) in [7, 11) is 1.16. The van der Waals surface area contributed by atoms with Crippen molar-refractivity contribution in [2.24, 2.45) is 5.41 Å². The van der Waals surface area contributed by atoms with Crippen molar-refractivity contribution in [3.63, 3.8) is 0 Å². The van der Waals surface area contributed by atoms with Crippen molar-refractivity contribution in [3.05, 3.63) is 36.2 Å². The van der Waals surface area contributed by atoms with Crippen LogP contribution in [0.15, 0.2) is 35.2 Å². The molecule has 0 saturated carbocycles. The van der Waals surface area contributed by atoms with Crippen molar-refractivity contribution >= 4 is 29.3 Å². The fraction of sp³-hybridized carbons (Fsp3) is 0.524. The molecule has 1 aliphatic rings. The van der Waals surface area contributed by atoms with Crippen molar-refractivity contribution in [1.29, 1.82) is 0 Å². The van der Waals surface area contributed by atoms with Crippen LogP contribution in [0, 0.1) is 11.2 Å². The van der Waals surface area contributed by atoms with E-state index in [-0.39, 0.29) is 16.9 Å². The molecule has 8 nitrogen and oxygen atoms in total. The van der Waals surface area contributed by atoms with Gasteiger partial charge in [-0.3, -0.25) is 9.59 Å². The minimum Gasteiger partial charge on any atom is -0.387 e. The number of carbonyl (C=O) groups is 2. The lowest BCUT2D eigenvalue weighted by atomic mass is 9.94. The standard InChI is InChI=1S/C21H29FN2O6S/c1-21(2,3)9-8-13(25)16(26)17(27)18(30-4)20(29)23-12-10-31-14-7-5-6-11(22)15(14)24-19(12)28/h5-9,12-13,16-18,25-27H,10H2,1-4H3,(H,23,29)(H,24,28)/t12?,13-,16+,17-,18-/m1/s1. The number of amides is 2.